The molecule has 0 bridgehead atoms. The van der Waals surface area contributed by atoms with Gasteiger partial charge in [0.25, 0.3) is 0 Å². The van der Waals surface area contributed by atoms with Crippen molar-refractivity contribution < 1.29 is 9.53 Å². The number of hydrogen-bond donors (Lipinski definition) is 1. The van der Waals surface area contributed by atoms with Crippen molar-refractivity contribution in [1.82, 2.24) is 0 Å². The third-order valence-corrected chi connectivity index (χ3v) is 4.39. The van der Waals surface area contributed by atoms with Gasteiger partial charge < -0.3 is 10.1 Å². The minimum atomic E-state index is 0.0127. The first-order valence-electron chi connectivity index (χ1n) is 7.94. The third kappa shape index (κ3) is 4.48. The van der Waals surface area contributed by atoms with Gasteiger partial charge in [0, 0.05) is 28.4 Å². The molecule has 24 heavy (non-hydrogen) atoms. The highest BCUT2D eigenvalue weighted by atomic mass is 79.9. The Labute approximate surface area is 150 Å². The summed E-state index contributed by atoms with van der Waals surface area (Å²) in [6.45, 7) is 4.24. The van der Waals surface area contributed by atoms with Crippen molar-refractivity contribution >= 4 is 27.4 Å². The van der Waals surface area contributed by atoms with Crippen LogP contribution >= 0.6 is 15.9 Å². The van der Waals surface area contributed by atoms with E-state index in [1.807, 2.05) is 48.5 Å². The Morgan fingerprint density at radius 2 is 1.54 bits per heavy atom. The summed E-state index contributed by atoms with van der Waals surface area (Å²) in [6, 6.07) is 15.5. The van der Waals surface area contributed by atoms with E-state index in [-0.39, 0.29) is 11.2 Å². The summed E-state index contributed by atoms with van der Waals surface area (Å²) in [5.74, 6) is 1.75. The van der Waals surface area contributed by atoms with E-state index in [0.29, 0.717) is 6.42 Å². The van der Waals surface area contributed by atoms with E-state index in [4.69, 9.17) is 4.74 Å². The zero-order valence-electron chi connectivity index (χ0n) is 13.8. The Hall–Kier alpha value is -2.07. The molecule has 4 heteroatoms. The molecule has 0 saturated heterocycles. The van der Waals surface area contributed by atoms with Crippen molar-refractivity contribution in [3.63, 3.8) is 0 Å². The van der Waals surface area contributed by atoms with Crippen LogP contribution in [0.3, 0.4) is 0 Å². The van der Waals surface area contributed by atoms with E-state index in [9.17, 15) is 4.79 Å². The molecule has 124 valence electrons. The second-order valence-corrected chi connectivity index (χ2v) is 7.77. The van der Waals surface area contributed by atoms with Gasteiger partial charge in [-0.1, -0.05) is 29.8 Å². The second kappa shape index (κ2) is 6.81. The van der Waals surface area contributed by atoms with Gasteiger partial charge in [-0.25, -0.2) is 0 Å². The topological polar surface area (TPSA) is 38.3 Å². The summed E-state index contributed by atoms with van der Waals surface area (Å²) in [5.41, 5.74) is 1.94. The highest BCUT2D eigenvalue weighted by Crippen LogP contribution is 2.34. The number of hydrogen-bond acceptors (Lipinski definition) is 3. The van der Waals surface area contributed by atoms with Crippen LogP contribution < -0.4 is 10.1 Å². The molecule has 1 aliphatic rings. The lowest BCUT2D eigenvalue weighted by Crippen LogP contribution is -2.24. The van der Waals surface area contributed by atoms with Crippen molar-refractivity contribution in [1.29, 1.82) is 0 Å². The molecule has 0 spiro atoms. The number of carbonyl (C=O) groups excluding carboxylic acids is 1. The first-order chi connectivity index (χ1) is 11.4. The van der Waals surface area contributed by atoms with Crippen molar-refractivity contribution in [2.75, 3.05) is 5.32 Å². The number of nitrogens with one attached hydrogen (secondary N) is 1. The molecule has 0 aromatic heterocycles. The van der Waals surface area contributed by atoms with Gasteiger partial charge in [0.05, 0.1) is 0 Å². The van der Waals surface area contributed by atoms with E-state index in [0.717, 1.165) is 33.8 Å². The highest BCUT2D eigenvalue weighted by molar-refractivity contribution is 9.10. The molecule has 0 heterocycles. The zero-order valence-corrected chi connectivity index (χ0v) is 15.4. The van der Waals surface area contributed by atoms with Crippen LogP contribution in [0, 0.1) is 5.41 Å². The largest absolute Gasteiger partial charge is 0.457 e. The number of halogens is 1. The van der Waals surface area contributed by atoms with Gasteiger partial charge in [0.1, 0.15) is 11.5 Å². The standard InChI is InChI=1S/C20H20BrNO2/c1-20(2)12-16(11-17(23)13-20)22-15-5-9-19(10-6-15)24-18-7-3-14(21)4-8-18/h3-11,22H,12-13H2,1-2H3. The van der Waals surface area contributed by atoms with Gasteiger partial charge in [-0.15, -0.1) is 0 Å². The van der Waals surface area contributed by atoms with Crippen LogP contribution in [0.2, 0.25) is 0 Å². The maximum atomic E-state index is 11.8. The molecule has 1 aliphatic carbocycles. The van der Waals surface area contributed by atoms with Crippen LogP contribution in [-0.2, 0) is 4.79 Å². The first-order valence-corrected chi connectivity index (χ1v) is 8.73. The lowest BCUT2D eigenvalue weighted by atomic mass is 9.79. The van der Waals surface area contributed by atoms with E-state index in [1.54, 1.807) is 6.08 Å². The van der Waals surface area contributed by atoms with E-state index in [1.165, 1.54) is 0 Å². The number of rotatable bonds is 4. The van der Waals surface area contributed by atoms with Gasteiger partial charge >= 0.3 is 0 Å². The molecular formula is C20H20BrNO2. The highest BCUT2D eigenvalue weighted by Gasteiger charge is 2.27. The minimum absolute atomic E-state index is 0.0127. The lowest BCUT2D eigenvalue weighted by Gasteiger charge is -2.29. The number of allylic oxidation sites excluding steroid dienone is 2. The van der Waals surface area contributed by atoms with Crippen LogP contribution in [0.5, 0.6) is 11.5 Å². The van der Waals surface area contributed by atoms with Crippen molar-refractivity contribution in [2.24, 2.45) is 5.41 Å². The summed E-state index contributed by atoms with van der Waals surface area (Å²) in [7, 11) is 0. The molecule has 0 atom stereocenters. The molecule has 2 aromatic carbocycles. The number of benzene rings is 2. The zero-order chi connectivity index (χ0) is 17.2. The Morgan fingerprint density at radius 1 is 0.958 bits per heavy atom. The van der Waals surface area contributed by atoms with Gasteiger partial charge in [-0.3, -0.25) is 4.79 Å². The van der Waals surface area contributed by atoms with Crippen LogP contribution in [0.25, 0.3) is 0 Å². The summed E-state index contributed by atoms with van der Waals surface area (Å²) in [4.78, 5) is 11.8. The minimum Gasteiger partial charge on any atom is -0.457 e. The predicted octanol–water partition coefficient (Wildman–Crippen LogP) is 5.93. The molecule has 3 nitrogen and oxygen atoms in total. The number of anilines is 1. The van der Waals surface area contributed by atoms with Crippen molar-refractivity contribution in [3.8, 4) is 11.5 Å². The molecule has 0 amide bonds. The maximum Gasteiger partial charge on any atom is 0.157 e. The van der Waals surface area contributed by atoms with Crippen LogP contribution in [-0.4, -0.2) is 5.78 Å². The monoisotopic (exact) mass is 385 g/mol. The quantitative estimate of drug-likeness (QED) is 0.708. The molecule has 0 unspecified atom stereocenters. The molecule has 2 aromatic rings. The molecule has 0 aliphatic heterocycles. The van der Waals surface area contributed by atoms with Gasteiger partial charge in [0.2, 0.25) is 0 Å². The number of ketones is 1. The number of carbonyl (C=O) groups is 1. The van der Waals surface area contributed by atoms with E-state index >= 15 is 0 Å². The van der Waals surface area contributed by atoms with Gasteiger partial charge in [-0.2, -0.15) is 0 Å². The maximum absolute atomic E-state index is 11.8. The molecule has 3 rings (SSSR count). The summed E-state index contributed by atoms with van der Waals surface area (Å²) in [6.07, 6.45) is 3.20. The van der Waals surface area contributed by atoms with Crippen molar-refractivity contribution in [2.45, 2.75) is 26.7 Å². The summed E-state index contributed by atoms with van der Waals surface area (Å²) < 4.78 is 6.83. The third-order valence-electron chi connectivity index (χ3n) is 3.87. The lowest BCUT2D eigenvalue weighted by molar-refractivity contribution is -0.117. The Kier molecular flexibility index (Phi) is 4.76. The molecule has 1 N–H and O–H groups in total. The SMILES string of the molecule is CC1(C)CC(=O)C=C(Nc2ccc(Oc3ccc(Br)cc3)cc2)C1. The van der Waals surface area contributed by atoms with Crippen molar-refractivity contribution in [3.05, 3.63) is 64.8 Å². The summed E-state index contributed by atoms with van der Waals surface area (Å²) >= 11 is 3.41. The van der Waals surface area contributed by atoms with Crippen LogP contribution in [0.15, 0.2) is 64.8 Å². The fourth-order valence-corrected chi connectivity index (χ4v) is 3.12. The van der Waals surface area contributed by atoms with E-state index in [2.05, 4.69) is 35.1 Å². The normalized spacial score (nSPS) is 16.5. The summed E-state index contributed by atoms with van der Waals surface area (Å²) in [5, 5.41) is 3.34. The van der Waals surface area contributed by atoms with Gasteiger partial charge in [0.15, 0.2) is 5.78 Å². The predicted molar refractivity (Wildman–Crippen MR) is 100 cm³/mol. The average Bonchev–Trinajstić information content (AvgIpc) is 2.49. The fourth-order valence-electron chi connectivity index (χ4n) is 2.86. The molecule has 0 fully saturated rings. The molecule has 0 saturated carbocycles. The van der Waals surface area contributed by atoms with Crippen LogP contribution in [0.1, 0.15) is 26.7 Å². The second-order valence-electron chi connectivity index (χ2n) is 6.86. The van der Waals surface area contributed by atoms with Gasteiger partial charge in [-0.05, 0) is 60.4 Å². The fraction of sp³-hybridized carbons (Fsp3) is 0.250. The molecule has 0 radical (unpaired) electrons. The Balaban J connectivity index is 1.66. The number of ether oxygens (including phenoxy) is 1. The molecular weight excluding hydrogens is 366 g/mol. The van der Waals surface area contributed by atoms with Crippen LogP contribution in [0.4, 0.5) is 5.69 Å². The Morgan fingerprint density at radius 3 is 2.12 bits per heavy atom. The average molecular weight is 386 g/mol. The Bertz CT molecular complexity index is 761. The van der Waals surface area contributed by atoms with E-state index < -0.39 is 0 Å². The smallest absolute Gasteiger partial charge is 0.157 e. The first kappa shape index (κ1) is 16.8.